The maximum Gasteiger partial charge on any atom is 0.266 e. The molecular formula is C17H20ClN3O2. The van der Waals surface area contributed by atoms with Crippen molar-refractivity contribution in [3.8, 4) is 5.75 Å². The molecule has 1 saturated carbocycles. The number of aromatic nitrogens is 2. The van der Waals surface area contributed by atoms with Crippen LogP contribution >= 0.6 is 11.6 Å². The first-order valence-electron chi connectivity index (χ1n) is 7.81. The van der Waals surface area contributed by atoms with Crippen molar-refractivity contribution in [1.82, 2.24) is 9.78 Å². The van der Waals surface area contributed by atoms with E-state index in [1.54, 1.807) is 37.4 Å². The quantitative estimate of drug-likeness (QED) is 0.871. The molecule has 0 bridgehead atoms. The molecule has 1 aromatic carbocycles. The number of halogens is 1. The molecule has 0 aliphatic heterocycles. The van der Waals surface area contributed by atoms with Crippen molar-refractivity contribution < 1.29 is 9.53 Å². The Kier molecular flexibility index (Phi) is 4.57. The summed E-state index contributed by atoms with van der Waals surface area (Å²) in [5.74, 6) is 1.77. The lowest BCUT2D eigenvalue weighted by molar-refractivity contribution is -0.122. The highest BCUT2D eigenvalue weighted by Gasteiger charge is 2.31. The first kappa shape index (κ1) is 15.9. The average Bonchev–Trinajstić information content (AvgIpc) is 3.29. The Balaban J connectivity index is 1.62. The van der Waals surface area contributed by atoms with E-state index in [-0.39, 0.29) is 5.91 Å². The van der Waals surface area contributed by atoms with E-state index in [2.05, 4.69) is 17.3 Å². The van der Waals surface area contributed by atoms with Gasteiger partial charge in [-0.2, -0.15) is 5.10 Å². The summed E-state index contributed by atoms with van der Waals surface area (Å²) in [4.78, 5) is 12.3. The van der Waals surface area contributed by atoms with E-state index in [0.717, 1.165) is 0 Å². The van der Waals surface area contributed by atoms with Crippen LogP contribution in [0.4, 0.5) is 5.82 Å². The lowest BCUT2D eigenvalue weighted by atomic mass is 10.2. The third kappa shape index (κ3) is 3.85. The van der Waals surface area contributed by atoms with E-state index in [0.29, 0.717) is 28.5 Å². The van der Waals surface area contributed by atoms with Crippen molar-refractivity contribution in [2.24, 2.45) is 5.92 Å². The monoisotopic (exact) mass is 333 g/mol. The van der Waals surface area contributed by atoms with Gasteiger partial charge in [-0.3, -0.25) is 4.79 Å². The maximum absolute atomic E-state index is 12.3. The molecule has 2 aromatic rings. The number of nitrogens with one attached hydrogen (secondary N) is 1. The molecule has 1 fully saturated rings. The van der Waals surface area contributed by atoms with Crippen LogP contribution in [0.2, 0.25) is 5.02 Å². The Bertz CT molecular complexity index is 679. The molecular weight excluding hydrogens is 314 g/mol. The van der Waals surface area contributed by atoms with E-state index in [9.17, 15) is 4.79 Å². The first-order valence-corrected chi connectivity index (χ1v) is 8.19. The predicted octanol–water partition coefficient (Wildman–Crippen LogP) is 3.91. The van der Waals surface area contributed by atoms with Gasteiger partial charge in [-0.1, -0.05) is 11.6 Å². The van der Waals surface area contributed by atoms with Crippen LogP contribution in [-0.2, 0) is 4.79 Å². The summed E-state index contributed by atoms with van der Waals surface area (Å²) in [6.45, 7) is 3.85. The Labute approximate surface area is 140 Å². The van der Waals surface area contributed by atoms with Gasteiger partial charge < -0.3 is 10.1 Å². The third-order valence-corrected chi connectivity index (χ3v) is 4.36. The standard InChI is InChI=1S/C17H20ClN3O2/c1-11(13-3-4-13)21-16(9-10-19-21)20-17(22)12(2)23-15-7-5-14(18)6-8-15/h5-13H,3-4H2,1-2H3,(H,20,22). The Morgan fingerprint density at radius 3 is 2.65 bits per heavy atom. The summed E-state index contributed by atoms with van der Waals surface area (Å²) >= 11 is 5.84. The van der Waals surface area contributed by atoms with Crippen molar-refractivity contribution in [3.63, 3.8) is 0 Å². The molecule has 1 N–H and O–H groups in total. The second-order valence-corrected chi connectivity index (χ2v) is 6.38. The van der Waals surface area contributed by atoms with E-state index >= 15 is 0 Å². The van der Waals surface area contributed by atoms with E-state index in [1.807, 2.05) is 10.7 Å². The number of ether oxygens (including phenoxy) is 1. The summed E-state index contributed by atoms with van der Waals surface area (Å²) in [5.41, 5.74) is 0. The molecule has 6 heteroatoms. The normalized spacial score (nSPS) is 16.7. The Morgan fingerprint density at radius 2 is 2.00 bits per heavy atom. The smallest absolute Gasteiger partial charge is 0.266 e. The topological polar surface area (TPSA) is 56.1 Å². The largest absolute Gasteiger partial charge is 0.481 e. The highest BCUT2D eigenvalue weighted by molar-refractivity contribution is 6.30. The molecule has 5 nitrogen and oxygen atoms in total. The van der Waals surface area contributed by atoms with Gasteiger partial charge in [-0.05, 0) is 56.9 Å². The zero-order valence-corrected chi connectivity index (χ0v) is 14.0. The van der Waals surface area contributed by atoms with Gasteiger partial charge in [-0.25, -0.2) is 4.68 Å². The third-order valence-electron chi connectivity index (χ3n) is 4.11. The molecule has 2 unspecified atom stereocenters. The molecule has 1 amide bonds. The Morgan fingerprint density at radius 1 is 1.30 bits per heavy atom. The van der Waals surface area contributed by atoms with Crippen LogP contribution in [0, 0.1) is 5.92 Å². The fraction of sp³-hybridized carbons (Fsp3) is 0.412. The van der Waals surface area contributed by atoms with Crippen molar-refractivity contribution in [2.75, 3.05) is 5.32 Å². The number of amides is 1. The van der Waals surface area contributed by atoms with Crippen molar-refractivity contribution in [1.29, 1.82) is 0 Å². The summed E-state index contributed by atoms with van der Waals surface area (Å²) < 4.78 is 7.52. The van der Waals surface area contributed by atoms with Gasteiger partial charge in [0.05, 0.1) is 12.2 Å². The molecule has 1 heterocycles. The number of carbonyl (C=O) groups is 1. The molecule has 1 aliphatic carbocycles. The lowest BCUT2D eigenvalue weighted by Crippen LogP contribution is -2.31. The summed E-state index contributed by atoms with van der Waals surface area (Å²) in [6.07, 6.45) is 3.55. The SMILES string of the molecule is CC(Oc1ccc(Cl)cc1)C(=O)Nc1ccnn1C(C)C1CC1. The van der Waals surface area contributed by atoms with Gasteiger partial charge in [-0.15, -0.1) is 0 Å². The second kappa shape index (κ2) is 6.62. The fourth-order valence-corrected chi connectivity index (χ4v) is 2.64. The van der Waals surface area contributed by atoms with E-state index in [1.165, 1.54) is 12.8 Å². The zero-order valence-electron chi connectivity index (χ0n) is 13.2. The molecule has 1 aliphatic rings. The minimum absolute atomic E-state index is 0.204. The van der Waals surface area contributed by atoms with Gasteiger partial charge in [0, 0.05) is 11.1 Å². The van der Waals surface area contributed by atoms with Gasteiger partial charge >= 0.3 is 0 Å². The zero-order chi connectivity index (χ0) is 16.4. The van der Waals surface area contributed by atoms with E-state index in [4.69, 9.17) is 16.3 Å². The summed E-state index contributed by atoms with van der Waals surface area (Å²) in [7, 11) is 0. The van der Waals surface area contributed by atoms with Gasteiger partial charge in [0.1, 0.15) is 11.6 Å². The highest BCUT2D eigenvalue weighted by Crippen LogP contribution is 2.40. The number of anilines is 1. The first-order chi connectivity index (χ1) is 11.0. The average molecular weight is 334 g/mol. The van der Waals surface area contributed by atoms with Crippen LogP contribution in [0.15, 0.2) is 36.5 Å². The molecule has 23 heavy (non-hydrogen) atoms. The van der Waals surface area contributed by atoms with Crippen molar-refractivity contribution in [2.45, 2.75) is 38.8 Å². The van der Waals surface area contributed by atoms with Crippen molar-refractivity contribution in [3.05, 3.63) is 41.6 Å². The molecule has 122 valence electrons. The minimum Gasteiger partial charge on any atom is -0.481 e. The second-order valence-electron chi connectivity index (χ2n) is 5.94. The minimum atomic E-state index is -0.615. The summed E-state index contributed by atoms with van der Waals surface area (Å²) in [5, 5.41) is 7.86. The number of rotatable bonds is 6. The lowest BCUT2D eigenvalue weighted by Gasteiger charge is -2.18. The molecule has 3 rings (SSSR count). The summed E-state index contributed by atoms with van der Waals surface area (Å²) in [6, 6.07) is 9.05. The number of carbonyl (C=O) groups excluding carboxylic acids is 1. The Hall–Kier alpha value is -2.01. The van der Waals surface area contributed by atoms with Crippen LogP contribution in [-0.4, -0.2) is 21.8 Å². The number of hydrogen-bond donors (Lipinski definition) is 1. The van der Waals surface area contributed by atoms with Gasteiger partial charge in [0.2, 0.25) is 0 Å². The maximum atomic E-state index is 12.3. The molecule has 2 atom stereocenters. The molecule has 0 saturated heterocycles. The van der Waals surface area contributed by atoms with Crippen LogP contribution in [0.5, 0.6) is 5.75 Å². The van der Waals surface area contributed by atoms with Crippen molar-refractivity contribution >= 4 is 23.3 Å². The van der Waals surface area contributed by atoms with Gasteiger partial charge in [0.15, 0.2) is 6.10 Å². The van der Waals surface area contributed by atoms with Gasteiger partial charge in [0.25, 0.3) is 5.91 Å². The number of hydrogen-bond acceptors (Lipinski definition) is 3. The molecule has 0 spiro atoms. The number of benzene rings is 1. The predicted molar refractivity (Wildman–Crippen MR) is 89.8 cm³/mol. The molecule has 1 aromatic heterocycles. The van der Waals surface area contributed by atoms with Crippen LogP contribution < -0.4 is 10.1 Å². The molecule has 0 radical (unpaired) electrons. The van der Waals surface area contributed by atoms with E-state index < -0.39 is 6.10 Å². The van der Waals surface area contributed by atoms with Crippen LogP contribution in [0.25, 0.3) is 0 Å². The fourth-order valence-electron chi connectivity index (χ4n) is 2.51. The van der Waals surface area contributed by atoms with Crippen LogP contribution in [0.1, 0.15) is 32.7 Å². The van der Waals surface area contributed by atoms with Crippen LogP contribution in [0.3, 0.4) is 0 Å². The number of nitrogens with zero attached hydrogens (tertiary/aromatic N) is 2. The highest BCUT2D eigenvalue weighted by atomic mass is 35.5.